The molecule has 0 spiro atoms. The van der Waals surface area contributed by atoms with Crippen LogP contribution < -0.4 is 10.4 Å². The fourth-order valence-corrected chi connectivity index (χ4v) is 8.56. The maximum atomic E-state index is 10.5. The summed E-state index contributed by atoms with van der Waals surface area (Å²) in [5.74, 6) is 0. The van der Waals surface area contributed by atoms with Gasteiger partial charge in [-0.3, -0.25) is 0 Å². The first kappa shape index (κ1) is 21.9. The predicted molar refractivity (Wildman–Crippen MR) is 119 cm³/mol. The minimum atomic E-state index is -2.66. The molecule has 1 N–H and O–H groups in total. The van der Waals surface area contributed by atoms with Gasteiger partial charge in [-0.2, -0.15) is 0 Å². The van der Waals surface area contributed by atoms with Gasteiger partial charge in [0.1, 0.15) is 12.2 Å². The number of benzene rings is 2. The lowest BCUT2D eigenvalue weighted by Gasteiger charge is -2.44. The molecule has 1 aliphatic heterocycles. The van der Waals surface area contributed by atoms with Crippen molar-refractivity contribution in [2.24, 2.45) is 0 Å². The molecular formula is C24H32O4Si. The van der Waals surface area contributed by atoms with E-state index in [4.69, 9.17) is 13.9 Å². The van der Waals surface area contributed by atoms with Crippen LogP contribution in [0.2, 0.25) is 5.04 Å². The van der Waals surface area contributed by atoms with Gasteiger partial charge in [-0.25, -0.2) is 0 Å². The second-order valence-corrected chi connectivity index (χ2v) is 12.7. The zero-order chi connectivity index (χ0) is 20.9. The molecule has 0 amide bonds. The lowest BCUT2D eigenvalue weighted by Crippen LogP contribution is -2.67. The molecule has 1 aliphatic rings. The Labute approximate surface area is 175 Å². The molecule has 29 heavy (non-hydrogen) atoms. The zero-order valence-electron chi connectivity index (χ0n) is 17.7. The molecule has 3 atom stereocenters. The van der Waals surface area contributed by atoms with Crippen LogP contribution in [-0.2, 0) is 13.9 Å². The van der Waals surface area contributed by atoms with Crippen LogP contribution in [0, 0.1) is 0 Å². The number of aliphatic hydroxyl groups excluding tert-OH is 1. The quantitative estimate of drug-likeness (QED) is 0.560. The van der Waals surface area contributed by atoms with Crippen LogP contribution in [0.15, 0.2) is 72.8 Å². The predicted octanol–water partition coefficient (Wildman–Crippen LogP) is 3.24. The fraction of sp³-hybridized carbons (Fsp3) is 0.417. The van der Waals surface area contributed by atoms with Gasteiger partial charge < -0.3 is 19.0 Å². The minimum absolute atomic E-state index is 0.121. The van der Waals surface area contributed by atoms with Crippen LogP contribution in [0.1, 0.15) is 27.7 Å². The van der Waals surface area contributed by atoms with Crippen LogP contribution >= 0.6 is 0 Å². The standard InChI is InChI=1S/C24H32O4Si/c1-5-26-23-17-16-21(25)22(28-23)18-27-29(24(2,3)4,19-12-8-6-9-13-19)20-14-10-7-11-15-20/h6-17,21-23,25H,5,18H2,1-4H3/t21-,22-,23-/m1/s1. The molecule has 0 bridgehead atoms. The Morgan fingerprint density at radius 1 is 0.931 bits per heavy atom. The summed E-state index contributed by atoms with van der Waals surface area (Å²) in [5, 5.41) is 12.8. The Morgan fingerprint density at radius 2 is 1.48 bits per heavy atom. The Morgan fingerprint density at radius 3 is 1.97 bits per heavy atom. The largest absolute Gasteiger partial charge is 0.405 e. The van der Waals surface area contributed by atoms with E-state index in [2.05, 4.69) is 69.3 Å². The molecule has 0 saturated heterocycles. The highest BCUT2D eigenvalue weighted by Crippen LogP contribution is 2.37. The second-order valence-electron chi connectivity index (χ2n) is 8.35. The minimum Gasteiger partial charge on any atom is -0.405 e. The van der Waals surface area contributed by atoms with Gasteiger partial charge in [0.2, 0.25) is 0 Å². The Bertz CT molecular complexity index is 746. The molecular weight excluding hydrogens is 380 g/mol. The number of rotatable bonds is 7. The molecule has 0 aliphatic carbocycles. The summed E-state index contributed by atoms with van der Waals surface area (Å²) >= 11 is 0. The monoisotopic (exact) mass is 412 g/mol. The smallest absolute Gasteiger partial charge is 0.261 e. The molecule has 2 aromatic carbocycles. The van der Waals surface area contributed by atoms with Crippen LogP contribution in [-0.4, -0.2) is 45.1 Å². The Kier molecular flexibility index (Phi) is 7.08. The second kappa shape index (κ2) is 9.37. The molecule has 0 radical (unpaired) electrons. The summed E-state index contributed by atoms with van der Waals surface area (Å²) in [5.41, 5.74) is 0. The summed E-state index contributed by atoms with van der Waals surface area (Å²) in [4.78, 5) is 0. The third-order valence-corrected chi connectivity index (χ3v) is 10.4. The summed E-state index contributed by atoms with van der Waals surface area (Å²) < 4.78 is 18.4. The third kappa shape index (κ3) is 4.70. The highest BCUT2D eigenvalue weighted by molar-refractivity contribution is 6.99. The van der Waals surface area contributed by atoms with Crippen molar-refractivity contribution < 1.29 is 19.0 Å². The van der Waals surface area contributed by atoms with Crippen LogP contribution in [0.4, 0.5) is 0 Å². The van der Waals surface area contributed by atoms with Crippen LogP contribution in [0.3, 0.4) is 0 Å². The van der Waals surface area contributed by atoms with Gasteiger partial charge in [-0.1, -0.05) is 87.5 Å². The first-order valence-corrected chi connectivity index (χ1v) is 12.2. The Hall–Kier alpha value is -1.76. The molecule has 5 heteroatoms. The van der Waals surface area contributed by atoms with E-state index in [-0.39, 0.29) is 5.04 Å². The van der Waals surface area contributed by atoms with E-state index in [1.807, 2.05) is 19.1 Å². The highest BCUT2D eigenvalue weighted by atomic mass is 28.4. The average molecular weight is 413 g/mol. The van der Waals surface area contributed by atoms with E-state index in [1.54, 1.807) is 12.2 Å². The SMILES string of the molecule is CCO[C@H]1C=C[C@@H](O)[C@@H](CO[Si](c2ccccc2)(c2ccccc2)C(C)(C)C)O1. The molecule has 0 unspecified atom stereocenters. The van der Waals surface area contributed by atoms with Gasteiger partial charge >= 0.3 is 0 Å². The van der Waals surface area contributed by atoms with Crippen molar-refractivity contribution in [1.29, 1.82) is 0 Å². The van der Waals surface area contributed by atoms with Crippen LogP contribution in [0.5, 0.6) is 0 Å². The molecule has 4 nitrogen and oxygen atoms in total. The van der Waals surface area contributed by atoms with Gasteiger partial charge in [0.25, 0.3) is 8.32 Å². The summed E-state index contributed by atoms with van der Waals surface area (Å²) in [7, 11) is -2.66. The van der Waals surface area contributed by atoms with Crippen molar-refractivity contribution in [3.05, 3.63) is 72.8 Å². The van der Waals surface area contributed by atoms with E-state index >= 15 is 0 Å². The maximum Gasteiger partial charge on any atom is 0.261 e. The van der Waals surface area contributed by atoms with Gasteiger partial charge in [0.05, 0.1) is 6.61 Å². The topological polar surface area (TPSA) is 47.9 Å². The zero-order valence-corrected chi connectivity index (χ0v) is 18.7. The van der Waals surface area contributed by atoms with Crippen molar-refractivity contribution in [3.63, 3.8) is 0 Å². The number of hydrogen-bond donors (Lipinski definition) is 1. The van der Waals surface area contributed by atoms with E-state index in [0.717, 1.165) is 0 Å². The van der Waals surface area contributed by atoms with E-state index in [1.165, 1.54) is 10.4 Å². The van der Waals surface area contributed by atoms with Gasteiger partial charge in [0.15, 0.2) is 6.29 Å². The molecule has 0 aromatic heterocycles. The molecule has 2 aromatic rings. The lowest BCUT2D eigenvalue weighted by molar-refractivity contribution is -0.176. The first-order valence-electron chi connectivity index (χ1n) is 10.3. The van der Waals surface area contributed by atoms with Crippen molar-refractivity contribution in [2.75, 3.05) is 13.2 Å². The number of hydrogen-bond acceptors (Lipinski definition) is 4. The first-order chi connectivity index (χ1) is 13.9. The molecule has 156 valence electrons. The van der Waals surface area contributed by atoms with Gasteiger partial charge in [-0.15, -0.1) is 0 Å². The molecule has 1 heterocycles. The van der Waals surface area contributed by atoms with Crippen molar-refractivity contribution in [3.8, 4) is 0 Å². The average Bonchev–Trinajstić information content (AvgIpc) is 2.71. The molecule has 3 rings (SSSR count). The fourth-order valence-electron chi connectivity index (χ4n) is 3.99. The normalized spacial score (nSPS) is 22.6. The van der Waals surface area contributed by atoms with Gasteiger partial charge in [-0.05, 0) is 28.4 Å². The van der Waals surface area contributed by atoms with E-state index in [9.17, 15) is 5.11 Å². The van der Waals surface area contributed by atoms with E-state index in [0.29, 0.717) is 13.2 Å². The van der Waals surface area contributed by atoms with Crippen molar-refractivity contribution in [1.82, 2.24) is 0 Å². The summed E-state index contributed by atoms with van der Waals surface area (Å²) in [6, 6.07) is 20.9. The highest BCUT2D eigenvalue weighted by Gasteiger charge is 2.50. The van der Waals surface area contributed by atoms with E-state index < -0.39 is 26.8 Å². The summed E-state index contributed by atoms with van der Waals surface area (Å²) in [6.45, 7) is 9.48. The van der Waals surface area contributed by atoms with Gasteiger partial charge in [0, 0.05) is 6.61 Å². The number of ether oxygens (including phenoxy) is 2. The third-order valence-electron chi connectivity index (χ3n) is 5.37. The lowest BCUT2D eigenvalue weighted by atomic mass is 10.1. The molecule has 0 saturated carbocycles. The molecule has 0 fully saturated rings. The van der Waals surface area contributed by atoms with Crippen molar-refractivity contribution in [2.45, 2.75) is 51.2 Å². The number of aliphatic hydroxyl groups is 1. The Balaban J connectivity index is 1.97. The summed E-state index contributed by atoms with van der Waals surface area (Å²) in [6.07, 6.45) is 1.86. The van der Waals surface area contributed by atoms with Crippen molar-refractivity contribution >= 4 is 18.7 Å². The van der Waals surface area contributed by atoms with Crippen LogP contribution in [0.25, 0.3) is 0 Å². The maximum absolute atomic E-state index is 10.5.